The smallest absolute Gasteiger partial charge is 0.410 e. The first kappa shape index (κ1) is 18.2. The summed E-state index contributed by atoms with van der Waals surface area (Å²) in [6.07, 6.45) is 2.17. The lowest BCUT2D eigenvalue weighted by molar-refractivity contribution is 0.0934. The van der Waals surface area contributed by atoms with Crippen molar-refractivity contribution in [2.45, 2.75) is 31.0 Å². The highest BCUT2D eigenvalue weighted by Gasteiger charge is 2.34. The van der Waals surface area contributed by atoms with Crippen molar-refractivity contribution < 1.29 is 14.3 Å². The summed E-state index contributed by atoms with van der Waals surface area (Å²) in [5, 5.41) is 7.40. The molecule has 0 radical (unpaired) electrons. The van der Waals surface area contributed by atoms with Crippen molar-refractivity contribution in [2.24, 2.45) is 0 Å². The minimum absolute atomic E-state index is 0.0511. The summed E-state index contributed by atoms with van der Waals surface area (Å²) < 4.78 is 5.11. The Kier molecular flexibility index (Phi) is 5.01. The third-order valence-electron chi connectivity index (χ3n) is 4.81. The molecule has 0 spiro atoms. The van der Waals surface area contributed by atoms with Gasteiger partial charge in [-0.25, -0.2) is 4.79 Å². The molecule has 4 rings (SSSR count). The van der Waals surface area contributed by atoms with Crippen LogP contribution in [0, 0.1) is 0 Å². The molecule has 2 aromatic rings. The van der Waals surface area contributed by atoms with Crippen molar-refractivity contribution in [3.05, 3.63) is 45.8 Å². The van der Waals surface area contributed by atoms with Gasteiger partial charge in [0.1, 0.15) is 11.2 Å². The SMILES string of the molecule is CCOC(=O)N1CCc2c(sc3c2C(=O)N[C@H](c2ccc(SC)cc2)N3)C1. The lowest BCUT2D eigenvalue weighted by Gasteiger charge is -2.28. The maximum Gasteiger partial charge on any atom is 0.410 e. The molecule has 0 aliphatic carbocycles. The van der Waals surface area contributed by atoms with Crippen molar-refractivity contribution in [3.63, 3.8) is 0 Å². The Bertz CT molecular complexity index is 879. The van der Waals surface area contributed by atoms with Crippen LogP contribution in [0.5, 0.6) is 0 Å². The van der Waals surface area contributed by atoms with Gasteiger partial charge in [-0.1, -0.05) is 12.1 Å². The average molecular weight is 404 g/mol. The Labute approximate surface area is 166 Å². The fourth-order valence-electron chi connectivity index (χ4n) is 3.45. The van der Waals surface area contributed by atoms with E-state index >= 15 is 0 Å². The van der Waals surface area contributed by atoms with E-state index in [1.807, 2.05) is 18.4 Å². The highest BCUT2D eigenvalue weighted by molar-refractivity contribution is 7.98. The number of hydrogen-bond donors (Lipinski definition) is 2. The van der Waals surface area contributed by atoms with Gasteiger partial charge in [-0.2, -0.15) is 0 Å². The molecule has 2 amide bonds. The number of anilines is 1. The Hall–Kier alpha value is -2.19. The molecule has 0 saturated heterocycles. The van der Waals surface area contributed by atoms with Gasteiger partial charge in [0.2, 0.25) is 0 Å². The number of rotatable bonds is 3. The largest absolute Gasteiger partial charge is 0.450 e. The molecule has 27 heavy (non-hydrogen) atoms. The van der Waals surface area contributed by atoms with Gasteiger partial charge in [-0.05, 0) is 42.9 Å². The van der Waals surface area contributed by atoms with Gasteiger partial charge in [0, 0.05) is 16.3 Å². The van der Waals surface area contributed by atoms with Crippen LogP contribution in [-0.4, -0.2) is 36.3 Å². The van der Waals surface area contributed by atoms with Gasteiger partial charge < -0.3 is 20.3 Å². The molecule has 0 saturated carbocycles. The average Bonchev–Trinajstić information content (AvgIpc) is 3.06. The maximum atomic E-state index is 12.8. The molecule has 0 bridgehead atoms. The van der Waals surface area contributed by atoms with Crippen molar-refractivity contribution in [2.75, 3.05) is 24.7 Å². The van der Waals surface area contributed by atoms with Crippen molar-refractivity contribution in [1.29, 1.82) is 0 Å². The second kappa shape index (κ2) is 7.44. The first-order valence-corrected chi connectivity index (χ1v) is 10.9. The number of hydrogen-bond acceptors (Lipinski definition) is 6. The molecule has 1 aromatic heterocycles. The van der Waals surface area contributed by atoms with Crippen LogP contribution >= 0.6 is 23.1 Å². The standard InChI is InChI=1S/C19H21N3O3S2/c1-3-25-19(24)22-9-8-13-14(10-22)27-18-15(13)17(23)20-16(21-18)11-4-6-12(26-2)7-5-11/h4-7,16,21H,3,8-10H2,1-2H3,(H,20,23)/t16-/m0/s1. The lowest BCUT2D eigenvalue weighted by atomic mass is 10.0. The molecular formula is C19H21N3O3S2. The fraction of sp³-hybridized carbons (Fsp3) is 0.368. The van der Waals surface area contributed by atoms with Gasteiger partial charge in [0.15, 0.2) is 0 Å². The molecule has 3 heterocycles. The first-order chi connectivity index (χ1) is 13.1. The molecule has 142 valence electrons. The molecule has 6 nitrogen and oxygen atoms in total. The molecule has 8 heteroatoms. The zero-order chi connectivity index (χ0) is 19.0. The zero-order valence-corrected chi connectivity index (χ0v) is 16.8. The summed E-state index contributed by atoms with van der Waals surface area (Å²) in [5.41, 5.74) is 2.80. The summed E-state index contributed by atoms with van der Waals surface area (Å²) in [5.74, 6) is -0.0511. The summed E-state index contributed by atoms with van der Waals surface area (Å²) in [7, 11) is 0. The molecule has 2 aliphatic rings. The summed E-state index contributed by atoms with van der Waals surface area (Å²) >= 11 is 3.25. The Morgan fingerprint density at radius 3 is 2.81 bits per heavy atom. The lowest BCUT2D eigenvalue weighted by Crippen LogP contribution is -2.39. The molecule has 2 N–H and O–H groups in total. The van der Waals surface area contributed by atoms with E-state index < -0.39 is 0 Å². The normalized spacial score (nSPS) is 18.2. The number of thiophene rings is 1. The van der Waals surface area contributed by atoms with Crippen LogP contribution in [0.1, 0.15) is 39.5 Å². The topological polar surface area (TPSA) is 70.7 Å². The van der Waals surface area contributed by atoms with Gasteiger partial charge in [0.05, 0.1) is 18.7 Å². The van der Waals surface area contributed by atoms with Gasteiger partial charge >= 0.3 is 6.09 Å². The van der Waals surface area contributed by atoms with E-state index in [2.05, 4.69) is 22.8 Å². The van der Waals surface area contributed by atoms with E-state index in [9.17, 15) is 9.59 Å². The van der Waals surface area contributed by atoms with Crippen LogP contribution in [0.15, 0.2) is 29.2 Å². The van der Waals surface area contributed by atoms with Crippen molar-refractivity contribution in [3.8, 4) is 0 Å². The van der Waals surface area contributed by atoms with E-state index in [1.165, 1.54) is 4.90 Å². The number of nitrogens with zero attached hydrogens (tertiary/aromatic N) is 1. The molecule has 1 aromatic carbocycles. The van der Waals surface area contributed by atoms with Gasteiger partial charge in [-0.3, -0.25) is 4.79 Å². The number of thioether (sulfide) groups is 1. The number of fused-ring (bicyclic) bond motifs is 3. The van der Waals surface area contributed by atoms with E-state index in [0.717, 1.165) is 26.6 Å². The Balaban J connectivity index is 1.57. The minimum atomic E-state index is -0.293. The summed E-state index contributed by atoms with van der Waals surface area (Å²) in [4.78, 5) is 28.7. The third-order valence-corrected chi connectivity index (χ3v) is 6.70. The van der Waals surface area contributed by atoms with Crippen LogP contribution < -0.4 is 10.6 Å². The highest BCUT2D eigenvalue weighted by atomic mass is 32.2. The third kappa shape index (κ3) is 3.39. The Morgan fingerprint density at radius 2 is 2.11 bits per heavy atom. The number of carbonyl (C=O) groups is 2. The van der Waals surface area contributed by atoms with Crippen molar-refractivity contribution in [1.82, 2.24) is 10.2 Å². The quantitative estimate of drug-likeness (QED) is 0.762. The molecule has 0 unspecified atom stereocenters. The first-order valence-electron chi connectivity index (χ1n) is 8.88. The number of nitrogens with one attached hydrogen (secondary N) is 2. The summed E-state index contributed by atoms with van der Waals surface area (Å²) in [6.45, 7) is 3.23. The predicted octanol–water partition coefficient (Wildman–Crippen LogP) is 3.84. The second-order valence-electron chi connectivity index (χ2n) is 6.40. The van der Waals surface area contributed by atoms with Crippen LogP contribution in [0.3, 0.4) is 0 Å². The predicted molar refractivity (Wildman–Crippen MR) is 108 cm³/mol. The monoisotopic (exact) mass is 403 g/mol. The number of ether oxygens (including phenoxy) is 1. The van der Waals surface area contributed by atoms with Gasteiger partial charge in [0.25, 0.3) is 5.91 Å². The van der Waals surface area contributed by atoms with E-state index in [-0.39, 0.29) is 18.2 Å². The molecular weight excluding hydrogens is 382 g/mol. The van der Waals surface area contributed by atoms with Crippen molar-refractivity contribution >= 4 is 40.1 Å². The second-order valence-corrected chi connectivity index (χ2v) is 8.39. The van der Waals surface area contributed by atoms with Crippen LogP contribution in [0.25, 0.3) is 0 Å². The maximum absolute atomic E-state index is 12.8. The number of amides is 2. The molecule has 2 aliphatic heterocycles. The molecule has 1 atom stereocenters. The molecule has 0 fully saturated rings. The number of carbonyl (C=O) groups excluding carboxylic acids is 2. The minimum Gasteiger partial charge on any atom is -0.450 e. The van der Waals surface area contributed by atoms with Crippen LogP contribution in [0.4, 0.5) is 9.80 Å². The zero-order valence-electron chi connectivity index (χ0n) is 15.2. The summed E-state index contributed by atoms with van der Waals surface area (Å²) in [6, 6.07) is 8.18. The van der Waals surface area contributed by atoms with Crippen LogP contribution in [0.2, 0.25) is 0 Å². The number of benzene rings is 1. The fourth-order valence-corrected chi connectivity index (χ4v) is 5.15. The van der Waals surface area contributed by atoms with E-state index in [0.29, 0.717) is 26.1 Å². The van der Waals surface area contributed by atoms with Crippen LogP contribution in [-0.2, 0) is 17.7 Å². The Morgan fingerprint density at radius 1 is 1.33 bits per heavy atom. The highest BCUT2D eigenvalue weighted by Crippen LogP contribution is 2.40. The van der Waals surface area contributed by atoms with Gasteiger partial charge in [-0.15, -0.1) is 23.1 Å². The van der Waals surface area contributed by atoms with E-state index in [1.54, 1.807) is 34.9 Å². The van der Waals surface area contributed by atoms with E-state index in [4.69, 9.17) is 4.74 Å².